The minimum Gasteiger partial charge on any atom is -0.503 e. The Bertz CT molecular complexity index is 1780. The highest BCUT2D eigenvalue weighted by atomic mass is 32.2. The number of rotatable bonds is 10. The number of aromatic nitrogens is 5. The Morgan fingerprint density at radius 3 is 2.57 bits per heavy atom. The van der Waals surface area contributed by atoms with Gasteiger partial charge in [0, 0.05) is 11.4 Å². The molecule has 0 aromatic carbocycles. The SMILES string of the molecule is CC(C)(ON=C(C(=O)N[C@@H]1C(=O)N(S(=O)(=O)O)[C@@H]1Cn1cc(-c2cc(=O)c(O)cn2O)nn1)c1csc(N)n1)C(=O)O. The van der Waals surface area contributed by atoms with E-state index in [0.29, 0.717) is 10.9 Å². The smallest absolute Gasteiger partial charge is 0.362 e. The van der Waals surface area contributed by atoms with Crippen LogP contribution in [0.4, 0.5) is 5.13 Å². The van der Waals surface area contributed by atoms with Crippen LogP contribution in [-0.4, -0.2) is 98.6 Å². The molecule has 0 bridgehead atoms. The van der Waals surface area contributed by atoms with Crippen molar-refractivity contribution < 1.29 is 47.6 Å². The summed E-state index contributed by atoms with van der Waals surface area (Å²) in [5.74, 6) is -4.53. The van der Waals surface area contributed by atoms with Gasteiger partial charge in [-0.25, -0.2) is 18.8 Å². The third-order valence-electron chi connectivity index (χ3n) is 5.75. The molecule has 2 atom stereocenters. The Morgan fingerprint density at radius 2 is 1.98 bits per heavy atom. The van der Waals surface area contributed by atoms with Gasteiger partial charge in [0.1, 0.15) is 23.1 Å². The van der Waals surface area contributed by atoms with Crippen molar-refractivity contribution >= 4 is 50.3 Å². The van der Waals surface area contributed by atoms with Gasteiger partial charge in [-0.3, -0.25) is 18.9 Å². The summed E-state index contributed by atoms with van der Waals surface area (Å²) in [5.41, 5.74) is 1.86. The lowest BCUT2D eigenvalue weighted by Crippen LogP contribution is -2.73. The highest BCUT2D eigenvalue weighted by Crippen LogP contribution is 2.26. The third-order valence-corrected chi connectivity index (χ3v) is 7.37. The van der Waals surface area contributed by atoms with Crippen molar-refractivity contribution in [3.63, 3.8) is 0 Å². The number of carboxylic acid groups (broad SMARTS) is 1. The molecule has 0 radical (unpaired) electrons. The zero-order valence-corrected chi connectivity index (χ0v) is 23.0. The number of carbonyl (C=O) groups excluding carboxylic acids is 2. The van der Waals surface area contributed by atoms with Gasteiger partial charge in [-0.15, -0.1) is 16.4 Å². The molecule has 22 heteroatoms. The van der Waals surface area contributed by atoms with Gasteiger partial charge in [0.25, 0.3) is 11.8 Å². The van der Waals surface area contributed by atoms with Gasteiger partial charge in [0.15, 0.2) is 16.6 Å². The van der Waals surface area contributed by atoms with E-state index in [-0.39, 0.29) is 26.5 Å². The molecule has 0 unspecified atom stereocenters. The Kier molecular flexibility index (Phi) is 7.62. The Labute approximate surface area is 238 Å². The molecule has 3 aromatic rings. The van der Waals surface area contributed by atoms with Gasteiger partial charge in [-0.1, -0.05) is 10.4 Å². The van der Waals surface area contributed by atoms with Gasteiger partial charge in [-0.05, 0) is 13.8 Å². The van der Waals surface area contributed by atoms with E-state index in [1.54, 1.807) is 0 Å². The number of anilines is 1. The number of pyridine rings is 1. The summed E-state index contributed by atoms with van der Waals surface area (Å²) < 4.78 is 34.9. The zero-order chi connectivity index (χ0) is 31.1. The molecule has 1 saturated heterocycles. The number of nitrogens with zero attached hydrogens (tertiary/aromatic N) is 7. The molecule has 0 saturated carbocycles. The average Bonchev–Trinajstić information content (AvgIpc) is 3.52. The number of aliphatic carboxylic acids is 1. The van der Waals surface area contributed by atoms with Crippen molar-refractivity contribution in [2.24, 2.45) is 5.16 Å². The van der Waals surface area contributed by atoms with E-state index in [2.05, 4.69) is 25.8 Å². The van der Waals surface area contributed by atoms with E-state index in [1.807, 2.05) is 0 Å². The first-order valence-corrected chi connectivity index (χ1v) is 13.6. The molecule has 7 N–H and O–H groups in total. The molecule has 4 heterocycles. The summed E-state index contributed by atoms with van der Waals surface area (Å²) in [4.78, 5) is 58.0. The lowest BCUT2D eigenvalue weighted by Gasteiger charge is -2.43. The number of carboxylic acids is 1. The number of hydrogen-bond acceptors (Lipinski definition) is 15. The lowest BCUT2D eigenvalue weighted by molar-refractivity contribution is -0.161. The molecular weight excluding hydrogens is 606 g/mol. The van der Waals surface area contributed by atoms with Crippen LogP contribution in [0.1, 0.15) is 19.5 Å². The van der Waals surface area contributed by atoms with Crippen LogP contribution >= 0.6 is 11.3 Å². The largest absolute Gasteiger partial charge is 0.503 e. The van der Waals surface area contributed by atoms with Gasteiger partial charge in [0.05, 0.1) is 25.0 Å². The van der Waals surface area contributed by atoms with Crippen LogP contribution < -0.4 is 16.5 Å². The van der Waals surface area contributed by atoms with Crippen molar-refractivity contribution in [3.05, 3.63) is 39.8 Å². The molecule has 0 spiro atoms. The second kappa shape index (κ2) is 10.7. The Balaban J connectivity index is 1.62. The first-order valence-electron chi connectivity index (χ1n) is 11.4. The number of nitrogen functional groups attached to an aromatic ring is 1. The van der Waals surface area contributed by atoms with Crippen molar-refractivity contribution in [2.75, 3.05) is 5.73 Å². The molecule has 42 heavy (non-hydrogen) atoms. The van der Waals surface area contributed by atoms with E-state index >= 15 is 0 Å². The summed E-state index contributed by atoms with van der Waals surface area (Å²) in [7, 11) is -5.11. The van der Waals surface area contributed by atoms with Crippen LogP contribution in [0.2, 0.25) is 0 Å². The van der Waals surface area contributed by atoms with Crippen LogP contribution in [0.25, 0.3) is 11.4 Å². The van der Waals surface area contributed by atoms with E-state index in [1.165, 1.54) is 5.38 Å². The number of thiazole rings is 1. The standard InChI is InChI=1S/C20H21N9O11S2/c1-20(2,18(34)35)40-25-14(9-7-41-19(21)22-9)16(32)23-15-11(29(17(15)33)42(37,38)39)5-27-4-8(24-26-27)10-3-12(30)13(31)6-28(10)36/h3-4,6-7,11,15,31,36H,5H2,1-2H3,(H2,21,22)(H,23,32)(H,34,35)(H,37,38,39)/t11-,15+/m1/s1. The monoisotopic (exact) mass is 627 g/mol. The average molecular weight is 628 g/mol. The second-order valence-electron chi connectivity index (χ2n) is 9.13. The highest BCUT2D eigenvalue weighted by Gasteiger charge is 2.54. The molecule has 3 aromatic heterocycles. The topological polar surface area (TPSA) is 295 Å². The fraction of sp³-hybridized carbons (Fsp3) is 0.300. The number of carbonyl (C=O) groups is 3. The molecule has 0 aliphatic carbocycles. The van der Waals surface area contributed by atoms with Crippen LogP contribution in [0.15, 0.2) is 33.8 Å². The second-order valence-corrected chi connectivity index (χ2v) is 11.3. The van der Waals surface area contributed by atoms with E-state index in [0.717, 1.165) is 42.1 Å². The van der Waals surface area contributed by atoms with Gasteiger partial charge >= 0.3 is 16.3 Å². The molecule has 224 valence electrons. The molecule has 20 nitrogen and oxygen atoms in total. The van der Waals surface area contributed by atoms with E-state index in [9.17, 15) is 47.6 Å². The summed E-state index contributed by atoms with van der Waals surface area (Å²) in [6, 6.07) is -2.21. The van der Waals surface area contributed by atoms with Gasteiger partial charge < -0.3 is 31.3 Å². The zero-order valence-electron chi connectivity index (χ0n) is 21.3. The fourth-order valence-electron chi connectivity index (χ4n) is 3.55. The maximum Gasteiger partial charge on any atom is 0.362 e. The van der Waals surface area contributed by atoms with Crippen molar-refractivity contribution in [3.8, 4) is 17.1 Å². The van der Waals surface area contributed by atoms with Crippen LogP contribution in [0, 0.1) is 0 Å². The number of amides is 2. The number of β-lactam (4-membered cyclic amide) rings is 1. The molecule has 1 aliphatic heterocycles. The van der Waals surface area contributed by atoms with Crippen LogP contribution in [0.3, 0.4) is 0 Å². The molecule has 2 amide bonds. The number of nitrogens with two attached hydrogens (primary N) is 1. The minimum atomic E-state index is -5.11. The van der Waals surface area contributed by atoms with E-state index in [4.69, 9.17) is 10.6 Å². The fourth-order valence-corrected chi connectivity index (χ4v) is 4.97. The van der Waals surface area contributed by atoms with Crippen molar-refractivity contribution in [1.29, 1.82) is 0 Å². The molecule has 1 aliphatic rings. The predicted molar refractivity (Wildman–Crippen MR) is 139 cm³/mol. The minimum absolute atomic E-state index is 0.0158. The van der Waals surface area contributed by atoms with Crippen molar-refractivity contribution in [1.82, 2.24) is 34.3 Å². The number of nitrogens with one attached hydrogen (secondary N) is 1. The van der Waals surface area contributed by atoms with Crippen LogP contribution in [-0.2, 0) is 36.1 Å². The summed E-state index contributed by atoms with van der Waals surface area (Å²) in [6.45, 7) is 1.82. The van der Waals surface area contributed by atoms with Crippen molar-refractivity contribution in [2.45, 2.75) is 38.1 Å². The number of hydrogen-bond donors (Lipinski definition) is 6. The summed E-state index contributed by atoms with van der Waals surface area (Å²) in [6.07, 6.45) is 1.86. The van der Waals surface area contributed by atoms with Gasteiger partial charge in [-0.2, -0.15) is 13.1 Å². The van der Waals surface area contributed by atoms with Crippen LogP contribution in [0.5, 0.6) is 5.75 Å². The maximum absolute atomic E-state index is 13.2. The predicted octanol–water partition coefficient (Wildman–Crippen LogP) is -2.13. The Morgan fingerprint density at radius 1 is 1.29 bits per heavy atom. The maximum atomic E-state index is 13.2. The quantitative estimate of drug-likeness (QED) is 0.0460. The normalized spacial score (nSPS) is 17.5. The summed E-state index contributed by atoms with van der Waals surface area (Å²) >= 11 is 0.913. The highest BCUT2D eigenvalue weighted by molar-refractivity contribution is 7.84. The lowest BCUT2D eigenvalue weighted by atomic mass is 9.98. The van der Waals surface area contributed by atoms with E-state index < -0.39 is 69.2 Å². The number of aromatic hydroxyl groups is 1. The summed E-state index contributed by atoms with van der Waals surface area (Å²) in [5, 5.41) is 43.4. The van der Waals surface area contributed by atoms with Gasteiger partial charge in [0.2, 0.25) is 11.0 Å². The third kappa shape index (κ3) is 5.84. The molecule has 4 rings (SSSR count). The first-order chi connectivity index (χ1) is 19.5. The Hall–Kier alpha value is -5.09. The molecule has 1 fully saturated rings. The first kappa shape index (κ1) is 29.9. The number of oxime groups is 1. The molecular formula is C20H21N9O11S2.